The number of hydrogen-bond acceptors (Lipinski definition) is 6. The van der Waals surface area contributed by atoms with Gasteiger partial charge in [-0.05, 0) is 13.8 Å². The van der Waals surface area contributed by atoms with E-state index in [1.165, 1.54) is 14.2 Å². The Morgan fingerprint density at radius 1 is 1.21 bits per heavy atom. The zero-order chi connectivity index (χ0) is 17.6. The fraction of sp³-hybridized carbons (Fsp3) is 0.389. The molecule has 0 amide bonds. The summed E-state index contributed by atoms with van der Waals surface area (Å²) in [5, 5.41) is 22.4. The highest BCUT2D eigenvalue weighted by Gasteiger charge is 2.47. The van der Waals surface area contributed by atoms with Gasteiger partial charge in [0, 0.05) is 23.4 Å². The van der Waals surface area contributed by atoms with Crippen LogP contribution in [0.4, 0.5) is 0 Å². The quantitative estimate of drug-likeness (QED) is 0.822. The van der Waals surface area contributed by atoms with Crippen molar-refractivity contribution in [1.29, 1.82) is 0 Å². The molecule has 2 aromatic carbocycles. The maximum absolute atomic E-state index is 12.3. The summed E-state index contributed by atoms with van der Waals surface area (Å²) in [5.41, 5.74) is -0.680. The van der Waals surface area contributed by atoms with Crippen LogP contribution in [0.25, 0.3) is 10.8 Å². The molecular weight excluding hydrogens is 312 g/mol. The number of phenols is 1. The molecule has 0 aromatic heterocycles. The van der Waals surface area contributed by atoms with Gasteiger partial charge in [-0.2, -0.15) is 0 Å². The molecule has 0 radical (unpaired) electrons. The molecule has 0 unspecified atom stereocenters. The molecule has 0 bridgehead atoms. The fourth-order valence-electron chi connectivity index (χ4n) is 3.19. The number of carbonyl (C=O) groups is 1. The van der Waals surface area contributed by atoms with E-state index in [-0.39, 0.29) is 11.3 Å². The predicted molar refractivity (Wildman–Crippen MR) is 87.4 cm³/mol. The first kappa shape index (κ1) is 16.5. The van der Waals surface area contributed by atoms with Gasteiger partial charge in [0.05, 0.1) is 7.11 Å². The number of aliphatic hydroxyl groups is 1. The predicted octanol–water partition coefficient (Wildman–Crippen LogP) is 2.55. The van der Waals surface area contributed by atoms with Gasteiger partial charge in [-0.25, -0.2) is 4.79 Å². The number of benzene rings is 2. The van der Waals surface area contributed by atoms with Crippen LogP contribution < -0.4 is 4.74 Å². The van der Waals surface area contributed by atoms with Crippen LogP contribution in [0.5, 0.6) is 11.5 Å². The fourth-order valence-corrected chi connectivity index (χ4v) is 3.19. The standard InChI is InChI=1S/C18H20O6/c1-18(2)16(20)15(22-3)12-11(17(21)23-4)13(19)9-7-5-6-8-10(9)14(12)24-18/h5-8,15-16,19-20H,1-4H3/t15-,16-/m0/s1. The van der Waals surface area contributed by atoms with E-state index in [0.717, 1.165) is 0 Å². The van der Waals surface area contributed by atoms with Crippen molar-refractivity contribution in [2.45, 2.75) is 31.7 Å². The Morgan fingerprint density at radius 3 is 2.42 bits per heavy atom. The third-order valence-electron chi connectivity index (χ3n) is 4.47. The van der Waals surface area contributed by atoms with E-state index in [9.17, 15) is 15.0 Å². The number of fused-ring (bicyclic) bond motifs is 3. The highest BCUT2D eigenvalue weighted by Crippen LogP contribution is 2.50. The van der Waals surface area contributed by atoms with Crippen LogP contribution >= 0.6 is 0 Å². The first-order chi connectivity index (χ1) is 11.3. The Hall–Kier alpha value is -2.31. The normalized spacial score (nSPS) is 21.9. The molecule has 2 aromatic rings. The molecule has 0 saturated carbocycles. The average molecular weight is 332 g/mol. The summed E-state index contributed by atoms with van der Waals surface area (Å²) in [6.07, 6.45) is -1.87. The van der Waals surface area contributed by atoms with Crippen LogP contribution in [0.2, 0.25) is 0 Å². The van der Waals surface area contributed by atoms with E-state index < -0.39 is 23.8 Å². The van der Waals surface area contributed by atoms with Crippen molar-refractivity contribution >= 4 is 16.7 Å². The smallest absolute Gasteiger partial charge is 0.342 e. The van der Waals surface area contributed by atoms with E-state index in [0.29, 0.717) is 22.1 Å². The van der Waals surface area contributed by atoms with E-state index in [1.54, 1.807) is 32.0 Å². The van der Waals surface area contributed by atoms with Crippen LogP contribution in [0.15, 0.2) is 24.3 Å². The minimum Gasteiger partial charge on any atom is -0.506 e. The zero-order valence-electron chi connectivity index (χ0n) is 14.0. The monoisotopic (exact) mass is 332 g/mol. The summed E-state index contributed by atoms with van der Waals surface area (Å²) in [4.78, 5) is 12.3. The summed E-state index contributed by atoms with van der Waals surface area (Å²) in [6.45, 7) is 3.48. The summed E-state index contributed by atoms with van der Waals surface area (Å²) >= 11 is 0. The number of ether oxygens (including phenoxy) is 3. The van der Waals surface area contributed by atoms with Gasteiger partial charge in [-0.3, -0.25) is 0 Å². The number of aromatic hydroxyl groups is 1. The lowest BCUT2D eigenvalue weighted by Gasteiger charge is -2.42. The Balaban J connectivity index is 2.46. The van der Waals surface area contributed by atoms with Crippen molar-refractivity contribution < 1.29 is 29.2 Å². The molecule has 6 heteroatoms. The molecule has 1 heterocycles. The van der Waals surface area contributed by atoms with Crippen molar-refractivity contribution in [3.63, 3.8) is 0 Å². The maximum atomic E-state index is 12.3. The second-order valence-electron chi connectivity index (χ2n) is 6.31. The van der Waals surface area contributed by atoms with Crippen LogP contribution in [0.3, 0.4) is 0 Å². The van der Waals surface area contributed by atoms with Crippen molar-refractivity contribution in [2.75, 3.05) is 14.2 Å². The van der Waals surface area contributed by atoms with Gasteiger partial charge in [-0.1, -0.05) is 24.3 Å². The van der Waals surface area contributed by atoms with Gasteiger partial charge in [0.15, 0.2) is 0 Å². The highest BCUT2D eigenvalue weighted by atomic mass is 16.5. The SMILES string of the molecule is COC(=O)c1c2c(c3ccccc3c1O)OC(C)(C)[C@@H](O)[C@H]2OC. The molecule has 1 aliphatic rings. The lowest BCUT2D eigenvalue weighted by molar-refractivity contribution is -0.123. The van der Waals surface area contributed by atoms with Crippen LogP contribution in [0.1, 0.15) is 35.9 Å². The minimum absolute atomic E-state index is 0.0485. The van der Waals surface area contributed by atoms with Crippen molar-refractivity contribution in [3.05, 3.63) is 35.4 Å². The summed E-state index contributed by atoms with van der Waals surface area (Å²) in [7, 11) is 2.67. The third kappa shape index (κ3) is 2.22. The molecule has 3 rings (SSSR count). The number of aliphatic hydroxyl groups excluding tert-OH is 1. The van der Waals surface area contributed by atoms with Gasteiger partial charge >= 0.3 is 5.97 Å². The number of esters is 1. The van der Waals surface area contributed by atoms with Crippen molar-refractivity contribution in [2.24, 2.45) is 0 Å². The Bertz CT molecular complexity index is 811. The second-order valence-corrected chi connectivity index (χ2v) is 6.31. The number of carbonyl (C=O) groups excluding carboxylic acids is 1. The molecular formula is C18H20O6. The number of methoxy groups -OCH3 is 2. The van der Waals surface area contributed by atoms with Gasteiger partial charge in [-0.15, -0.1) is 0 Å². The molecule has 0 spiro atoms. The molecule has 128 valence electrons. The zero-order valence-corrected chi connectivity index (χ0v) is 14.0. The first-order valence-corrected chi connectivity index (χ1v) is 7.59. The maximum Gasteiger partial charge on any atom is 0.342 e. The van der Waals surface area contributed by atoms with Gasteiger partial charge in [0.1, 0.15) is 34.9 Å². The largest absolute Gasteiger partial charge is 0.506 e. The van der Waals surface area contributed by atoms with Crippen LogP contribution in [-0.4, -0.2) is 42.1 Å². The second kappa shape index (κ2) is 5.65. The Morgan fingerprint density at radius 2 is 1.83 bits per heavy atom. The third-order valence-corrected chi connectivity index (χ3v) is 4.47. The average Bonchev–Trinajstić information content (AvgIpc) is 2.57. The molecule has 2 atom stereocenters. The molecule has 1 aliphatic heterocycles. The number of phenolic OH excluding ortho intramolecular Hbond substituents is 1. The van der Waals surface area contributed by atoms with E-state index in [2.05, 4.69) is 0 Å². The van der Waals surface area contributed by atoms with Gasteiger partial charge in [0.2, 0.25) is 0 Å². The lowest BCUT2D eigenvalue weighted by Crippen LogP contribution is -2.49. The van der Waals surface area contributed by atoms with Crippen molar-refractivity contribution in [1.82, 2.24) is 0 Å². The summed E-state index contributed by atoms with van der Waals surface area (Å²) in [5.74, 6) is -0.522. The van der Waals surface area contributed by atoms with E-state index >= 15 is 0 Å². The Labute approximate surface area is 139 Å². The molecule has 24 heavy (non-hydrogen) atoms. The summed E-state index contributed by atoms with van der Waals surface area (Å²) in [6, 6.07) is 7.05. The molecule has 2 N–H and O–H groups in total. The Kier molecular flexibility index (Phi) is 3.89. The highest BCUT2D eigenvalue weighted by molar-refractivity contribution is 6.06. The number of rotatable bonds is 2. The van der Waals surface area contributed by atoms with Crippen LogP contribution in [0, 0.1) is 0 Å². The van der Waals surface area contributed by atoms with Gasteiger partial charge in [0.25, 0.3) is 0 Å². The molecule has 0 fully saturated rings. The molecule has 0 saturated heterocycles. The van der Waals surface area contributed by atoms with Crippen LogP contribution in [-0.2, 0) is 9.47 Å². The topological polar surface area (TPSA) is 85.2 Å². The van der Waals surface area contributed by atoms with E-state index in [4.69, 9.17) is 14.2 Å². The molecule has 0 aliphatic carbocycles. The summed E-state index contributed by atoms with van der Waals surface area (Å²) < 4.78 is 16.3. The van der Waals surface area contributed by atoms with E-state index in [1.807, 2.05) is 6.07 Å². The lowest BCUT2D eigenvalue weighted by atomic mass is 9.84. The van der Waals surface area contributed by atoms with Gasteiger partial charge < -0.3 is 24.4 Å². The minimum atomic E-state index is -1.03. The molecule has 6 nitrogen and oxygen atoms in total. The first-order valence-electron chi connectivity index (χ1n) is 7.59. The van der Waals surface area contributed by atoms with Crippen molar-refractivity contribution in [3.8, 4) is 11.5 Å². The number of hydrogen-bond donors (Lipinski definition) is 2.